The molecular formula is C12H28N2O. The van der Waals surface area contributed by atoms with E-state index in [0.29, 0.717) is 18.6 Å². The van der Waals surface area contributed by atoms with E-state index in [-0.39, 0.29) is 0 Å². The molecule has 0 aliphatic heterocycles. The molecule has 0 aliphatic rings. The lowest BCUT2D eigenvalue weighted by Crippen LogP contribution is -2.44. The van der Waals surface area contributed by atoms with Crippen molar-refractivity contribution in [2.75, 3.05) is 13.6 Å². The van der Waals surface area contributed by atoms with Crippen molar-refractivity contribution in [1.29, 1.82) is 0 Å². The quantitative estimate of drug-likeness (QED) is 0.679. The molecule has 0 bridgehead atoms. The summed E-state index contributed by atoms with van der Waals surface area (Å²) in [6, 6.07) is 0.934. The van der Waals surface area contributed by atoms with Gasteiger partial charge in [0, 0.05) is 18.6 Å². The van der Waals surface area contributed by atoms with E-state index in [1.165, 1.54) is 12.8 Å². The summed E-state index contributed by atoms with van der Waals surface area (Å²) in [4.78, 5) is 2.33. The number of hydrogen-bond donors (Lipinski definition) is 2. The minimum absolute atomic E-state index is 0.327. The number of rotatable bonds is 7. The Kier molecular flexibility index (Phi) is 6.41. The van der Waals surface area contributed by atoms with Gasteiger partial charge >= 0.3 is 0 Å². The van der Waals surface area contributed by atoms with Crippen LogP contribution in [0, 0.1) is 0 Å². The fourth-order valence-electron chi connectivity index (χ4n) is 1.92. The van der Waals surface area contributed by atoms with Crippen molar-refractivity contribution in [3.05, 3.63) is 0 Å². The topological polar surface area (TPSA) is 49.5 Å². The SMILES string of the molecule is CCCC(C)N(C)C(C)CC(C)(O)CN. The molecule has 0 heterocycles. The summed E-state index contributed by atoms with van der Waals surface area (Å²) in [5.74, 6) is 0. The van der Waals surface area contributed by atoms with Gasteiger partial charge in [-0.1, -0.05) is 13.3 Å². The van der Waals surface area contributed by atoms with Crippen molar-refractivity contribution >= 4 is 0 Å². The Morgan fingerprint density at radius 1 is 1.33 bits per heavy atom. The average molecular weight is 216 g/mol. The van der Waals surface area contributed by atoms with Crippen LogP contribution >= 0.6 is 0 Å². The highest BCUT2D eigenvalue weighted by molar-refractivity contribution is 4.81. The van der Waals surface area contributed by atoms with E-state index in [0.717, 1.165) is 6.42 Å². The standard InChI is InChI=1S/C12H28N2O/c1-6-7-10(2)14(5)11(3)8-12(4,15)9-13/h10-11,15H,6-9,13H2,1-5H3. The third kappa shape index (κ3) is 5.50. The van der Waals surface area contributed by atoms with Crippen LogP contribution in [0.1, 0.15) is 47.0 Å². The maximum Gasteiger partial charge on any atom is 0.0756 e. The molecule has 3 atom stereocenters. The highest BCUT2D eigenvalue weighted by Gasteiger charge is 2.25. The van der Waals surface area contributed by atoms with Crippen LogP contribution in [0.3, 0.4) is 0 Å². The third-order valence-electron chi connectivity index (χ3n) is 3.27. The Morgan fingerprint density at radius 2 is 1.87 bits per heavy atom. The van der Waals surface area contributed by atoms with Crippen LogP contribution in [-0.2, 0) is 0 Å². The largest absolute Gasteiger partial charge is 0.389 e. The van der Waals surface area contributed by atoms with Gasteiger partial charge in [0.25, 0.3) is 0 Å². The fraction of sp³-hybridized carbons (Fsp3) is 1.00. The van der Waals surface area contributed by atoms with Crippen LogP contribution in [0.25, 0.3) is 0 Å². The molecular weight excluding hydrogens is 188 g/mol. The van der Waals surface area contributed by atoms with E-state index < -0.39 is 5.60 Å². The lowest BCUT2D eigenvalue weighted by atomic mass is 9.96. The van der Waals surface area contributed by atoms with E-state index in [1.807, 2.05) is 6.92 Å². The minimum Gasteiger partial charge on any atom is -0.389 e. The molecule has 0 amide bonds. The van der Waals surface area contributed by atoms with Crippen LogP contribution in [0.15, 0.2) is 0 Å². The summed E-state index contributed by atoms with van der Waals surface area (Å²) in [5, 5.41) is 9.90. The first-order chi connectivity index (χ1) is 6.84. The van der Waals surface area contributed by atoms with E-state index in [4.69, 9.17) is 5.73 Å². The Bertz CT molecular complexity index is 171. The summed E-state index contributed by atoms with van der Waals surface area (Å²) in [7, 11) is 2.12. The Labute approximate surface area is 94.6 Å². The van der Waals surface area contributed by atoms with Gasteiger partial charge in [-0.25, -0.2) is 0 Å². The first kappa shape index (κ1) is 14.9. The number of nitrogens with two attached hydrogens (primary N) is 1. The second kappa shape index (κ2) is 6.46. The maximum atomic E-state index is 9.90. The second-order valence-electron chi connectivity index (χ2n) is 5.06. The van der Waals surface area contributed by atoms with Crippen molar-refractivity contribution < 1.29 is 5.11 Å². The molecule has 0 saturated heterocycles. The lowest BCUT2D eigenvalue weighted by molar-refractivity contribution is 0.0263. The Morgan fingerprint density at radius 3 is 2.27 bits per heavy atom. The molecule has 0 aromatic heterocycles. The summed E-state index contributed by atoms with van der Waals surface area (Å²) in [6.45, 7) is 8.72. The molecule has 0 aliphatic carbocycles. The molecule has 0 fully saturated rings. The average Bonchev–Trinajstić information content (AvgIpc) is 2.16. The molecule has 3 N–H and O–H groups in total. The van der Waals surface area contributed by atoms with Crippen LogP contribution < -0.4 is 5.73 Å². The van der Waals surface area contributed by atoms with Crippen molar-refractivity contribution in [1.82, 2.24) is 4.90 Å². The van der Waals surface area contributed by atoms with Crippen LogP contribution in [0.5, 0.6) is 0 Å². The first-order valence-electron chi connectivity index (χ1n) is 5.98. The summed E-state index contributed by atoms with van der Waals surface area (Å²) < 4.78 is 0. The van der Waals surface area contributed by atoms with E-state index in [1.54, 1.807) is 0 Å². The lowest BCUT2D eigenvalue weighted by Gasteiger charge is -2.35. The monoisotopic (exact) mass is 216 g/mol. The number of aliphatic hydroxyl groups is 1. The van der Waals surface area contributed by atoms with Crippen molar-refractivity contribution in [2.24, 2.45) is 5.73 Å². The minimum atomic E-state index is -0.736. The first-order valence-corrected chi connectivity index (χ1v) is 5.98. The second-order valence-corrected chi connectivity index (χ2v) is 5.06. The van der Waals surface area contributed by atoms with Gasteiger partial charge in [-0.05, 0) is 40.7 Å². The molecule has 15 heavy (non-hydrogen) atoms. The predicted octanol–water partition coefficient (Wildman–Crippen LogP) is 1.60. The molecule has 0 saturated carbocycles. The zero-order chi connectivity index (χ0) is 12.1. The van der Waals surface area contributed by atoms with Crippen LogP contribution in [-0.4, -0.2) is 41.3 Å². The highest BCUT2D eigenvalue weighted by atomic mass is 16.3. The molecule has 0 radical (unpaired) electrons. The summed E-state index contributed by atoms with van der Waals surface area (Å²) in [6.07, 6.45) is 3.13. The smallest absolute Gasteiger partial charge is 0.0756 e. The highest BCUT2D eigenvalue weighted by Crippen LogP contribution is 2.17. The van der Waals surface area contributed by atoms with Gasteiger partial charge in [0.15, 0.2) is 0 Å². The molecule has 0 aromatic rings. The normalized spacial score (nSPS) is 20.0. The zero-order valence-electron chi connectivity index (χ0n) is 11.0. The molecule has 0 rings (SSSR count). The van der Waals surface area contributed by atoms with E-state index >= 15 is 0 Å². The van der Waals surface area contributed by atoms with E-state index in [2.05, 4.69) is 32.7 Å². The predicted molar refractivity (Wildman–Crippen MR) is 65.9 cm³/mol. The van der Waals surface area contributed by atoms with Crippen molar-refractivity contribution in [2.45, 2.75) is 64.6 Å². The Balaban J connectivity index is 4.14. The third-order valence-corrected chi connectivity index (χ3v) is 3.27. The van der Waals surface area contributed by atoms with Gasteiger partial charge in [-0.3, -0.25) is 0 Å². The van der Waals surface area contributed by atoms with Crippen LogP contribution in [0.2, 0.25) is 0 Å². The molecule has 0 aromatic carbocycles. The number of nitrogens with zero attached hydrogens (tertiary/aromatic N) is 1. The van der Waals surface area contributed by atoms with Gasteiger partial charge < -0.3 is 15.7 Å². The molecule has 3 unspecified atom stereocenters. The maximum absolute atomic E-state index is 9.90. The van der Waals surface area contributed by atoms with Gasteiger partial charge in [0.1, 0.15) is 0 Å². The van der Waals surface area contributed by atoms with Gasteiger partial charge in [0.05, 0.1) is 5.60 Å². The molecule has 92 valence electrons. The molecule has 3 nitrogen and oxygen atoms in total. The van der Waals surface area contributed by atoms with Crippen molar-refractivity contribution in [3.8, 4) is 0 Å². The van der Waals surface area contributed by atoms with Gasteiger partial charge in [-0.15, -0.1) is 0 Å². The van der Waals surface area contributed by atoms with Crippen LogP contribution in [0.4, 0.5) is 0 Å². The summed E-state index contributed by atoms with van der Waals surface area (Å²) in [5.41, 5.74) is 4.78. The van der Waals surface area contributed by atoms with Gasteiger partial charge in [-0.2, -0.15) is 0 Å². The van der Waals surface area contributed by atoms with E-state index in [9.17, 15) is 5.11 Å². The number of hydrogen-bond acceptors (Lipinski definition) is 3. The molecule has 3 heteroatoms. The fourth-order valence-corrected chi connectivity index (χ4v) is 1.92. The summed E-state index contributed by atoms with van der Waals surface area (Å²) >= 11 is 0. The molecule has 0 spiro atoms. The Hall–Kier alpha value is -0.120. The van der Waals surface area contributed by atoms with Crippen molar-refractivity contribution in [3.63, 3.8) is 0 Å². The zero-order valence-corrected chi connectivity index (χ0v) is 11.0. The van der Waals surface area contributed by atoms with Gasteiger partial charge in [0.2, 0.25) is 0 Å².